The van der Waals surface area contributed by atoms with Crippen LogP contribution in [-0.2, 0) is 30.4 Å². The number of benzene rings is 1. The van der Waals surface area contributed by atoms with Crippen molar-refractivity contribution in [1.82, 2.24) is 10.2 Å². The van der Waals surface area contributed by atoms with Crippen molar-refractivity contribution in [2.24, 2.45) is 17.3 Å². The molecule has 0 bridgehead atoms. The Morgan fingerprint density at radius 3 is 2.68 bits per heavy atom. The standard InChI is InChI=1S/C28H32Cl2N2O5/c1-4-11-31-25(33)12-20-15-28(27(35)36-3)17(2)37-23(18-7-5-6-8-18)14-24(28)32(26(20)34)16-19-9-10-21(29)13-22(19)30/h1,9-10,13-14,17-18,20,23H,5-8,11-12,15-16H2,2-3H3,(H,31,33)/t17-,20+,23-,28+/m1/s1. The van der Waals surface area contributed by atoms with E-state index in [0.717, 1.165) is 25.7 Å². The normalized spacial score (nSPS) is 27.8. The van der Waals surface area contributed by atoms with Crippen molar-refractivity contribution in [3.8, 4) is 12.3 Å². The van der Waals surface area contributed by atoms with E-state index in [4.69, 9.17) is 39.1 Å². The van der Waals surface area contributed by atoms with Gasteiger partial charge in [-0.15, -0.1) is 6.42 Å². The molecule has 1 aromatic rings. The molecule has 3 aliphatic rings. The molecule has 198 valence electrons. The number of carbonyl (C=O) groups excluding carboxylic acids is 3. The molecule has 1 N–H and O–H groups in total. The molecule has 1 aromatic carbocycles. The van der Waals surface area contributed by atoms with E-state index in [9.17, 15) is 14.4 Å². The van der Waals surface area contributed by atoms with Gasteiger partial charge in [0.15, 0.2) is 0 Å². The first-order valence-corrected chi connectivity index (χ1v) is 13.4. The van der Waals surface area contributed by atoms with Gasteiger partial charge in [-0.3, -0.25) is 14.4 Å². The van der Waals surface area contributed by atoms with Crippen LogP contribution in [0, 0.1) is 29.6 Å². The number of esters is 1. The highest BCUT2D eigenvalue weighted by molar-refractivity contribution is 6.35. The average Bonchev–Trinajstić information content (AvgIpc) is 3.41. The molecule has 2 heterocycles. The lowest BCUT2D eigenvalue weighted by Gasteiger charge is -2.52. The number of carbonyl (C=O) groups is 3. The summed E-state index contributed by atoms with van der Waals surface area (Å²) >= 11 is 12.6. The van der Waals surface area contributed by atoms with Gasteiger partial charge in [0.25, 0.3) is 0 Å². The molecule has 2 amide bonds. The number of nitrogens with zero attached hydrogens (tertiary/aromatic N) is 1. The van der Waals surface area contributed by atoms with Gasteiger partial charge in [-0.1, -0.05) is 48.0 Å². The van der Waals surface area contributed by atoms with Crippen LogP contribution in [0.4, 0.5) is 0 Å². The molecule has 0 radical (unpaired) electrons. The highest BCUT2D eigenvalue weighted by Gasteiger charge is 2.60. The maximum Gasteiger partial charge on any atom is 0.320 e. The van der Waals surface area contributed by atoms with Crippen LogP contribution in [0.5, 0.6) is 0 Å². The minimum atomic E-state index is -1.26. The number of likely N-dealkylation sites (tertiary alicyclic amines) is 1. The number of methoxy groups -OCH3 is 1. The first-order chi connectivity index (χ1) is 17.7. The Kier molecular flexibility index (Phi) is 8.52. The molecular formula is C28H32Cl2N2O5. The number of piperidine rings is 1. The molecule has 1 aliphatic carbocycles. The minimum Gasteiger partial charge on any atom is -0.468 e. The van der Waals surface area contributed by atoms with Crippen LogP contribution in [-0.4, -0.2) is 48.5 Å². The molecule has 0 spiro atoms. The zero-order chi connectivity index (χ0) is 26.7. The van der Waals surface area contributed by atoms with Crippen molar-refractivity contribution in [3.05, 3.63) is 45.6 Å². The quantitative estimate of drug-likeness (QED) is 0.402. The second-order valence-corrected chi connectivity index (χ2v) is 10.9. The van der Waals surface area contributed by atoms with Gasteiger partial charge in [0.1, 0.15) is 5.41 Å². The summed E-state index contributed by atoms with van der Waals surface area (Å²) in [6.45, 7) is 2.02. The second-order valence-electron chi connectivity index (χ2n) is 10.0. The number of hydrogen-bond acceptors (Lipinski definition) is 5. The third-order valence-corrected chi connectivity index (χ3v) is 8.47. The summed E-state index contributed by atoms with van der Waals surface area (Å²) in [4.78, 5) is 41.7. The van der Waals surface area contributed by atoms with Crippen LogP contribution in [0.2, 0.25) is 10.0 Å². The molecule has 2 fully saturated rings. The van der Waals surface area contributed by atoms with E-state index >= 15 is 0 Å². The van der Waals surface area contributed by atoms with Crippen molar-refractivity contribution >= 4 is 41.0 Å². The van der Waals surface area contributed by atoms with E-state index in [1.165, 1.54) is 7.11 Å². The summed E-state index contributed by atoms with van der Waals surface area (Å²) < 4.78 is 11.8. The third-order valence-electron chi connectivity index (χ3n) is 7.89. The van der Waals surface area contributed by atoms with Crippen LogP contribution in [0.3, 0.4) is 0 Å². The summed E-state index contributed by atoms with van der Waals surface area (Å²) in [5.41, 5.74) is -0.0207. The summed E-state index contributed by atoms with van der Waals surface area (Å²) in [6, 6.07) is 5.09. The van der Waals surface area contributed by atoms with Crippen molar-refractivity contribution in [3.63, 3.8) is 0 Å². The van der Waals surface area contributed by atoms with Crippen LogP contribution < -0.4 is 5.32 Å². The van der Waals surface area contributed by atoms with Gasteiger partial charge in [-0.2, -0.15) is 0 Å². The zero-order valence-electron chi connectivity index (χ0n) is 21.1. The van der Waals surface area contributed by atoms with Crippen LogP contribution in [0.15, 0.2) is 30.0 Å². The van der Waals surface area contributed by atoms with Crippen LogP contribution in [0.25, 0.3) is 0 Å². The summed E-state index contributed by atoms with van der Waals surface area (Å²) in [5, 5.41) is 3.51. The molecular weight excluding hydrogens is 515 g/mol. The number of rotatable bonds is 7. The van der Waals surface area contributed by atoms with Crippen molar-refractivity contribution < 1.29 is 23.9 Å². The van der Waals surface area contributed by atoms with E-state index in [-0.39, 0.29) is 43.8 Å². The Morgan fingerprint density at radius 1 is 1.30 bits per heavy atom. The van der Waals surface area contributed by atoms with Gasteiger partial charge < -0.3 is 19.7 Å². The summed E-state index contributed by atoms with van der Waals surface area (Å²) in [7, 11) is 1.33. The lowest BCUT2D eigenvalue weighted by Crippen LogP contribution is -2.60. The number of nitrogens with one attached hydrogen (secondary N) is 1. The van der Waals surface area contributed by atoms with Gasteiger partial charge in [0, 0.05) is 28.1 Å². The molecule has 37 heavy (non-hydrogen) atoms. The Bertz CT molecular complexity index is 1140. The fourth-order valence-electron chi connectivity index (χ4n) is 5.98. The van der Waals surface area contributed by atoms with E-state index in [1.54, 1.807) is 23.1 Å². The number of terminal acetylenes is 1. The number of halogens is 2. The highest BCUT2D eigenvalue weighted by Crippen LogP contribution is 2.52. The predicted octanol–water partition coefficient (Wildman–Crippen LogP) is 4.50. The molecule has 0 unspecified atom stereocenters. The summed E-state index contributed by atoms with van der Waals surface area (Å²) in [5.74, 6) is 0.780. The number of ether oxygens (including phenoxy) is 2. The lowest BCUT2D eigenvalue weighted by atomic mass is 9.66. The van der Waals surface area contributed by atoms with E-state index in [2.05, 4.69) is 11.2 Å². The van der Waals surface area contributed by atoms with Gasteiger partial charge in [-0.05, 0) is 55.9 Å². The fourth-order valence-corrected chi connectivity index (χ4v) is 6.45. The summed E-state index contributed by atoms with van der Waals surface area (Å²) in [6.07, 6.45) is 10.7. The van der Waals surface area contributed by atoms with Crippen molar-refractivity contribution in [2.75, 3.05) is 13.7 Å². The Labute approximate surface area is 227 Å². The molecule has 1 saturated carbocycles. The molecule has 1 saturated heterocycles. The smallest absolute Gasteiger partial charge is 0.320 e. The monoisotopic (exact) mass is 546 g/mol. The Balaban J connectivity index is 1.80. The first-order valence-electron chi connectivity index (χ1n) is 12.6. The SMILES string of the molecule is C#CCNC(=O)C[C@H]1C[C@@]2(C(=O)OC)C(=C[C@H](C3CCCC3)O[C@@H]2C)N(Cc2ccc(Cl)cc2Cl)C1=O. The largest absolute Gasteiger partial charge is 0.468 e. The van der Waals surface area contributed by atoms with Crippen LogP contribution in [0.1, 0.15) is 51.0 Å². The number of amides is 2. The molecule has 4 atom stereocenters. The maximum atomic E-state index is 14.0. The van der Waals surface area contributed by atoms with E-state index < -0.39 is 23.4 Å². The van der Waals surface area contributed by atoms with Crippen LogP contribution >= 0.6 is 23.2 Å². The molecule has 2 aliphatic heterocycles. The van der Waals surface area contributed by atoms with E-state index in [0.29, 0.717) is 27.2 Å². The van der Waals surface area contributed by atoms with Crippen molar-refractivity contribution in [1.29, 1.82) is 0 Å². The zero-order valence-corrected chi connectivity index (χ0v) is 22.6. The predicted molar refractivity (Wildman–Crippen MR) is 140 cm³/mol. The Morgan fingerprint density at radius 2 is 2.03 bits per heavy atom. The van der Waals surface area contributed by atoms with E-state index in [1.807, 2.05) is 13.0 Å². The molecule has 7 nitrogen and oxygen atoms in total. The topological polar surface area (TPSA) is 84.9 Å². The maximum absolute atomic E-state index is 14.0. The number of hydrogen-bond donors (Lipinski definition) is 1. The second kappa shape index (κ2) is 11.5. The molecule has 0 aromatic heterocycles. The highest BCUT2D eigenvalue weighted by atomic mass is 35.5. The minimum absolute atomic E-state index is 0.0553. The molecule has 4 rings (SSSR count). The fraction of sp³-hybridized carbons (Fsp3) is 0.536. The van der Waals surface area contributed by atoms with Gasteiger partial charge in [0.05, 0.1) is 32.4 Å². The third kappa shape index (κ3) is 5.38. The van der Waals surface area contributed by atoms with Gasteiger partial charge in [0.2, 0.25) is 11.8 Å². The molecule has 9 heteroatoms. The van der Waals surface area contributed by atoms with Gasteiger partial charge >= 0.3 is 5.97 Å². The van der Waals surface area contributed by atoms with Gasteiger partial charge in [-0.25, -0.2) is 0 Å². The lowest BCUT2D eigenvalue weighted by molar-refractivity contribution is -0.178. The van der Waals surface area contributed by atoms with Crippen molar-refractivity contribution in [2.45, 2.75) is 64.2 Å². The Hall–Kier alpha value is -2.53. The number of fused-ring (bicyclic) bond motifs is 1. The average molecular weight is 547 g/mol. The first kappa shape index (κ1) is 27.5.